The van der Waals surface area contributed by atoms with Crippen LogP contribution in [-0.4, -0.2) is 23.4 Å². The lowest BCUT2D eigenvalue weighted by atomic mass is 9.91. The Morgan fingerprint density at radius 1 is 0.733 bits per heavy atom. The SMILES string of the molecule is CCCCC(CCCCO)CCCCO. The van der Waals surface area contributed by atoms with Crippen molar-refractivity contribution in [3.05, 3.63) is 0 Å². The van der Waals surface area contributed by atoms with Crippen LogP contribution in [0.1, 0.15) is 64.7 Å². The van der Waals surface area contributed by atoms with E-state index in [1.807, 2.05) is 0 Å². The summed E-state index contributed by atoms with van der Waals surface area (Å²) in [5.74, 6) is 0.822. The third-order valence-corrected chi connectivity index (χ3v) is 3.01. The molecule has 0 aliphatic carbocycles. The molecule has 0 aliphatic rings. The molecule has 0 rings (SSSR count). The molecule has 0 aromatic heterocycles. The first kappa shape index (κ1) is 14.9. The lowest BCUT2D eigenvalue weighted by molar-refractivity contribution is 0.263. The Labute approximate surface area is 94.7 Å². The number of hydrogen-bond acceptors (Lipinski definition) is 2. The number of hydrogen-bond donors (Lipinski definition) is 2. The van der Waals surface area contributed by atoms with E-state index in [1.54, 1.807) is 0 Å². The average Bonchev–Trinajstić information content (AvgIpc) is 2.25. The fourth-order valence-corrected chi connectivity index (χ4v) is 2.02. The van der Waals surface area contributed by atoms with Crippen molar-refractivity contribution in [2.24, 2.45) is 5.92 Å². The summed E-state index contributed by atoms with van der Waals surface area (Å²) in [6, 6.07) is 0. The minimum Gasteiger partial charge on any atom is -0.396 e. The first-order valence-corrected chi connectivity index (χ1v) is 6.56. The van der Waals surface area contributed by atoms with Gasteiger partial charge in [-0.2, -0.15) is 0 Å². The highest BCUT2D eigenvalue weighted by Crippen LogP contribution is 2.21. The molecule has 0 aromatic carbocycles. The van der Waals surface area contributed by atoms with Gasteiger partial charge in [-0.1, -0.05) is 51.9 Å². The molecular weight excluding hydrogens is 188 g/mol. The maximum atomic E-state index is 8.74. The lowest BCUT2D eigenvalue weighted by Crippen LogP contribution is -2.02. The second kappa shape index (κ2) is 12.0. The Hall–Kier alpha value is -0.0800. The van der Waals surface area contributed by atoms with Gasteiger partial charge in [-0.3, -0.25) is 0 Å². The lowest BCUT2D eigenvalue weighted by Gasteiger charge is -2.15. The minimum absolute atomic E-state index is 0.330. The Balaban J connectivity index is 3.53. The highest BCUT2D eigenvalue weighted by atomic mass is 16.3. The molecule has 0 bridgehead atoms. The highest BCUT2D eigenvalue weighted by molar-refractivity contribution is 4.60. The van der Waals surface area contributed by atoms with Gasteiger partial charge in [0.05, 0.1) is 0 Å². The predicted molar refractivity (Wildman–Crippen MR) is 64.9 cm³/mol. The summed E-state index contributed by atoms with van der Waals surface area (Å²) in [6.07, 6.45) is 10.6. The van der Waals surface area contributed by atoms with Gasteiger partial charge in [0.15, 0.2) is 0 Å². The minimum atomic E-state index is 0.330. The van der Waals surface area contributed by atoms with E-state index in [-0.39, 0.29) is 0 Å². The van der Waals surface area contributed by atoms with E-state index < -0.39 is 0 Å². The smallest absolute Gasteiger partial charge is 0.0431 e. The fraction of sp³-hybridized carbons (Fsp3) is 1.00. The van der Waals surface area contributed by atoms with Gasteiger partial charge in [-0.05, 0) is 18.8 Å². The van der Waals surface area contributed by atoms with E-state index in [0.29, 0.717) is 13.2 Å². The average molecular weight is 216 g/mol. The summed E-state index contributed by atoms with van der Waals surface area (Å²) in [6.45, 7) is 2.90. The molecule has 0 spiro atoms. The summed E-state index contributed by atoms with van der Waals surface area (Å²) < 4.78 is 0. The Bertz CT molecular complexity index is 105. The van der Waals surface area contributed by atoms with Crippen molar-refractivity contribution in [2.75, 3.05) is 13.2 Å². The van der Waals surface area contributed by atoms with Gasteiger partial charge in [-0.25, -0.2) is 0 Å². The van der Waals surface area contributed by atoms with E-state index in [2.05, 4.69) is 6.92 Å². The number of rotatable bonds is 11. The van der Waals surface area contributed by atoms with Crippen LogP contribution in [0.25, 0.3) is 0 Å². The van der Waals surface area contributed by atoms with Crippen molar-refractivity contribution in [1.29, 1.82) is 0 Å². The molecule has 2 nitrogen and oxygen atoms in total. The van der Waals surface area contributed by atoms with Crippen molar-refractivity contribution in [2.45, 2.75) is 64.7 Å². The van der Waals surface area contributed by atoms with Crippen LogP contribution in [0.5, 0.6) is 0 Å². The molecule has 0 aromatic rings. The van der Waals surface area contributed by atoms with Gasteiger partial charge in [0.2, 0.25) is 0 Å². The van der Waals surface area contributed by atoms with Crippen LogP contribution < -0.4 is 0 Å². The van der Waals surface area contributed by atoms with Crippen molar-refractivity contribution < 1.29 is 10.2 Å². The van der Waals surface area contributed by atoms with Crippen molar-refractivity contribution >= 4 is 0 Å². The van der Waals surface area contributed by atoms with Crippen LogP contribution in [0, 0.1) is 5.92 Å². The molecule has 0 unspecified atom stereocenters. The van der Waals surface area contributed by atoms with E-state index in [0.717, 1.165) is 31.6 Å². The van der Waals surface area contributed by atoms with Gasteiger partial charge in [0, 0.05) is 13.2 Å². The monoisotopic (exact) mass is 216 g/mol. The summed E-state index contributed by atoms with van der Waals surface area (Å²) in [5.41, 5.74) is 0. The summed E-state index contributed by atoms with van der Waals surface area (Å²) in [7, 11) is 0. The van der Waals surface area contributed by atoms with Gasteiger partial charge in [-0.15, -0.1) is 0 Å². The molecule has 0 atom stereocenters. The summed E-state index contributed by atoms with van der Waals surface area (Å²) in [5, 5.41) is 17.5. The van der Waals surface area contributed by atoms with E-state index >= 15 is 0 Å². The quantitative estimate of drug-likeness (QED) is 0.521. The van der Waals surface area contributed by atoms with Crippen LogP contribution in [0.15, 0.2) is 0 Å². The summed E-state index contributed by atoms with van der Waals surface area (Å²) in [4.78, 5) is 0. The normalized spacial score (nSPS) is 11.2. The topological polar surface area (TPSA) is 40.5 Å². The summed E-state index contributed by atoms with van der Waals surface area (Å²) >= 11 is 0. The molecule has 0 amide bonds. The largest absolute Gasteiger partial charge is 0.396 e. The zero-order valence-electron chi connectivity index (χ0n) is 10.2. The second-order valence-corrected chi connectivity index (χ2v) is 4.45. The third kappa shape index (κ3) is 10.2. The van der Waals surface area contributed by atoms with Crippen LogP contribution >= 0.6 is 0 Å². The van der Waals surface area contributed by atoms with Crippen LogP contribution in [0.4, 0.5) is 0 Å². The van der Waals surface area contributed by atoms with Crippen molar-refractivity contribution in [1.82, 2.24) is 0 Å². The molecule has 0 heterocycles. The Morgan fingerprint density at radius 3 is 1.60 bits per heavy atom. The molecular formula is C13H28O2. The second-order valence-electron chi connectivity index (χ2n) is 4.45. The van der Waals surface area contributed by atoms with Crippen LogP contribution in [0.3, 0.4) is 0 Å². The zero-order valence-corrected chi connectivity index (χ0v) is 10.2. The Morgan fingerprint density at radius 2 is 1.20 bits per heavy atom. The molecule has 0 fully saturated rings. The molecule has 0 saturated heterocycles. The predicted octanol–water partition coefficient (Wildman–Crippen LogP) is 3.12. The standard InChI is InChI=1S/C13H28O2/c1-2-3-8-13(9-4-6-11-14)10-5-7-12-15/h13-15H,2-12H2,1H3. The third-order valence-electron chi connectivity index (χ3n) is 3.01. The maximum absolute atomic E-state index is 8.74. The van der Waals surface area contributed by atoms with Crippen LogP contribution in [-0.2, 0) is 0 Å². The molecule has 0 radical (unpaired) electrons. The molecule has 0 saturated carbocycles. The maximum Gasteiger partial charge on any atom is 0.0431 e. The fourth-order valence-electron chi connectivity index (χ4n) is 2.02. The zero-order chi connectivity index (χ0) is 11.4. The van der Waals surface area contributed by atoms with Gasteiger partial charge in [0.25, 0.3) is 0 Å². The number of aliphatic hydroxyl groups is 2. The molecule has 2 N–H and O–H groups in total. The van der Waals surface area contributed by atoms with E-state index in [1.165, 1.54) is 32.1 Å². The van der Waals surface area contributed by atoms with Gasteiger partial charge < -0.3 is 10.2 Å². The number of aliphatic hydroxyl groups excluding tert-OH is 2. The van der Waals surface area contributed by atoms with Crippen molar-refractivity contribution in [3.63, 3.8) is 0 Å². The first-order chi connectivity index (χ1) is 7.35. The molecule has 15 heavy (non-hydrogen) atoms. The van der Waals surface area contributed by atoms with Gasteiger partial charge >= 0.3 is 0 Å². The molecule has 0 aliphatic heterocycles. The van der Waals surface area contributed by atoms with E-state index in [4.69, 9.17) is 10.2 Å². The Kier molecular flexibility index (Phi) is 11.9. The van der Waals surface area contributed by atoms with Crippen LogP contribution in [0.2, 0.25) is 0 Å². The highest BCUT2D eigenvalue weighted by Gasteiger charge is 2.07. The molecule has 2 heteroatoms. The first-order valence-electron chi connectivity index (χ1n) is 6.56. The van der Waals surface area contributed by atoms with Crippen molar-refractivity contribution in [3.8, 4) is 0 Å². The van der Waals surface area contributed by atoms with E-state index in [9.17, 15) is 0 Å². The molecule has 92 valence electrons. The van der Waals surface area contributed by atoms with Gasteiger partial charge in [0.1, 0.15) is 0 Å². The number of unbranched alkanes of at least 4 members (excludes halogenated alkanes) is 3.